The third-order valence-corrected chi connectivity index (χ3v) is 2.95. The molecule has 0 bridgehead atoms. The maximum absolute atomic E-state index is 11.5. The molecule has 2 heterocycles. The highest BCUT2D eigenvalue weighted by molar-refractivity contribution is 7.08. The van der Waals surface area contributed by atoms with E-state index in [1.165, 1.54) is 0 Å². The van der Waals surface area contributed by atoms with Gasteiger partial charge in [0.05, 0.1) is 0 Å². The molecule has 1 N–H and O–H groups in total. The van der Waals surface area contributed by atoms with Gasteiger partial charge in [-0.1, -0.05) is 5.16 Å². The van der Waals surface area contributed by atoms with Crippen molar-refractivity contribution in [1.29, 1.82) is 0 Å². The van der Waals surface area contributed by atoms with E-state index in [0.717, 1.165) is 5.56 Å². The van der Waals surface area contributed by atoms with Gasteiger partial charge in [0.1, 0.15) is 0 Å². The summed E-state index contributed by atoms with van der Waals surface area (Å²) in [5.74, 6) is 1.07. The van der Waals surface area contributed by atoms with Gasteiger partial charge >= 0.3 is 0 Å². The minimum Gasteiger partial charge on any atom is -0.354 e. The van der Waals surface area contributed by atoms with E-state index < -0.39 is 0 Å². The molecule has 1 amide bonds. The van der Waals surface area contributed by atoms with Crippen LogP contribution in [0.4, 0.5) is 0 Å². The number of carbonyl (C=O) groups excluding carboxylic acids is 1. The van der Waals surface area contributed by atoms with Crippen LogP contribution in [0.15, 0.2) is 21.3 Å². The Kier molecular flexibility index (Phi) is 4.09. The Balaban J connectivity index is 1.89. The minimum atomic E-state index is 0.000262. The smallest absolute Gasteiger partial charge is 0.227 e. The van der Waals surface area contributed by atoms with E-state index >= 15 is 0 Å². The highest BCUT2D eigenvalue weighted by Gasteiger charge is 2.11. The predicted octanol–water partition coefficient (Wildman–Crippen LogP) is 2.26. The Hall–Kier alpha value is -1.69. The molecule has 96 valence electrons. The van der Waals surface area contributed by atoms with Crippen molar-refractivity contribution in [3.63, 3.8) is 0 Å². The highest BCUT2D eigenvalue weighted by atomic mass is 32.1. The van der Waals surface area contributed by atoms with Crippen molar-refractivity contribution in [3.05, 3.63) is 22.7 Å². The van der Waals surface area contributed by atoms with Gasteiger partial charge in [-0.05, 0) is 25.3 Å². The third-order valence-electron chi connectivity index (χ3n) is 2.26. The van der Waals surface area contributed by atoms with Gasteiger partial charge < -0.3 is 9.84 Å². The predicted molar refractivity (Wildman–Crippen MR) is 69.2 cm³/mol. The van der Waals surface area contributed by atoms with Crippen molar-refractivity contribution in [2.24, 2.45) is 0 Å². The van der Waals surface area contributed by atoms with Crippen LogP contribution in [0.2, 0.25) is 0 Å². The normalized spacial score (nSPS) is 10.8. The minimum absolute atomic E-state index is 0.000262. The molecule has 0 aliphatic heterocycles. The second-order valence-electron chi connectivity index (χ2n) is 4.25. The number of amides is 1. The number of aromatic nitrogens is 2. The fraction of sp³-hybridized carbons (Fsp3) is 0.417. The number of aryl methyl sites for hydroxylation is 1. The van der Waals surface area contributed by atoms with Crippen LogP contribution in [-0.4, -0.2) is 22.1 Å². The van der Waals surface area contributed by atoms with Crippen LogP contribution in [-0.2, 0) is 11.2 Å². The average molecular weight is 265 g/mol. The Bertz CT molecular complexity index is 505. The van der Waals surface area contributed by atoms with Crippen LogP contribution in [0.3, 0.4) is 0 Å². The molecule has 0 aliphatic rings. The van der Waals surface area contributed by atoms with Crippen LogP contribution in [0, 0.1) is 0 Å². The van der Waals surface area contributed by atoms with Gasteiger partial charge in [0.25, 0.3) is 0 Å². The van der Waals surface area contributed by atoms with Gasteiger partial charge in [-0.2, -0.15) is 16.3 Å². The van der Waals surface area contributed by atoms with Crippen LogP contribution in [0.25, 0.3) is 11.4 Å². The van der Waals surface area contributed by atoms with E-state index in [1.54, 1.807) is 11.3 Å². The number of thiophene rings is 1. The molecule has 6 heteroatoms. The molecule has 18 heavy (non-hydrogen) atoms. The van der Waals surface area contributed by atoms with E-state index in [-0.39, 0.29) is 11.9 Å². The molecule has 2 rings (SSSR count). The van der Waals surface area contributed by atoms with Gasteiger partial charge in [-0.25, -0.2) is 0 Å². The fourth-order valence-corrected chi connectivity index (χ4v) is 2.11. The molecule has 0 saturated carbocycles. The zero-order valence-electron chi connectivity index (χ0n) is 10.3. The lowest BCUT2D eigenvalue weighted by atomic mass is 10.2. The molecule has 0 aromatic carbocycles. The van der Waals surface area contributed by atoms with Crippen molar-refractivity contribution in [1.82, 2.24) is 15.5 Å². The first-order valence-electron chi connectivity index (χ1n) is 5.79. The van der Waals surface area contributed by atoms with Crippen LogP contribution in [0.1, 0.15) is 26.2 Å². The van der Waals surface area contributed by atoms with Crippen molar-refractivity contribution < 1.29 is 9.32 Å². The first kappa shape index (κ1) is 12.8. The maximum Gasteiger partial charge on any atom is 0.227 e. The van der Waals surface area contributed by atoms with Gasteiger partial charge in [-0.3, -0.25) is 4.79 Å². The first-order chi connectivity index (χ1) is 8.65. The molecule has 0 aliphatic carbocycles. The van der Waals surface area contributed by atoms with Crippen LogP contribution < -0.4 is 5.32 Å². The van der Waals surface area contributed by atoms with E-state index in [4.69, 9.17) is 4.52 Å². The van der Waals surface area contributed by atoms with Gasteiger partial charge in [-0.15, -0.1) is 0 Å². The molecule has 0 unspecified atom stereocenters. The zero-order chi connectivity index (χ0) is 13.0. The Morgan fingerprint density at radius 1 is 1.56 bits per heavy atom. The van der Waals surface area contributed by atoms with E-state index in [9.17, 15) is 4.79 Å². The number of rotatable bonds is 5. The fourth-order valence-electron chi connectivity index (χ4n) is 1.48. The lowest BCUT2D eigenvalue weighted by Gasteiger charge is -2.06. The zero-order valence-corrected chi connectivity index (χ0v) is 11.2. The molecular weight excluding hydrogens is 250 g/mol. The summed E-state index contributed by atoms with van der Waals surface area (Å²) in [7, 11) is 0. The summed E-state index contributed by atoms with van der Waals surface area (Å²) in [5.41, 5.74) is 0.946. The van der Waals surface area contributed by atoms with E-state index in [2.05, 4.69) is 15.5 Å². The lowest BCUT2D eigenvalue weighted by Crippen LogP contribution is -2.30. The monoisotopic (exact) mass is 265 g/mol. The molecule has 0 fully saturated rings. The summed E-state index contributed by atoms with van der Waals surface area (Å²) in [6.07, 6.45) is 0.832. The summed E-state index contributed by atoms with van der Waals surface area (Å²) in [6, 6.07) is 2.09. The molecule has 2 aromatic heterocycles. The standard InChI is InChI=1S/C12H15N3O2S/c1-8(2)13-10(16)3-4-11-14-12(15-17-11)9-5-6-18-7-9/h5-8H,3-4H2,1-2H3,(H,13,16). The van der Waals surface area contributed by atoms with E-state index in [1.807, 2.05) is 30.7 Å². The number of nitrogens with one attached hydrogen (secondary N) is 1. The average Bonchev–Trinajstić information content (AvgIpc) is 2.96. The van der Waals surface area contributed by atoms with Gasteiger partial charge in [0, 0.05) is 29.8 Å². The second kappa shape index (κ2) is 5.77. The van der Waals surface area contributed by atoms with Crippen molar-refractivity contribution in [2.45, 2.75) is 32.7 Å². The quantitative estimate of drug-likeness (QED) is 0.900. The van der Waals surface area contributed by atoms with Gasteiger partial charge in [0.15, 0.2) is 0 Å². The molecule has 0 saturated heterocycles. The third kappa shape index (κ3) is 3.40. The van der Waals surface area contributed by atoms with Crippen LogP contribution >= 0.6 is 11.3 Å². The van der Waals surface area contributed by atoms with Gasteiger partial charge in [0.2, 0.25) is 17.6 Å². The number of nitrogens with zero attached hydrogens (tertiary/aromatic N) is 2. The molecule has 0 spiro atoms. The van der Waals surface area contributed by atoms with Crippen molar-refractivity contribution in [3.8, 4) is 11.4 Å². The lowest BCUT2D eigenvalue weighted by molar-refractivity contribution is -0.121. The van der Waals surface area contributed by atoms with Crippen LogP contribution in [0.5, 0.6) is 0 Å². The topological polar surface area (TPSA) is 68.0 Å². The number of hydrogen-bond donors (Lipinski definition) is 1. The molecule has 5 nitrogen and oxygen atoms in total. The second-order valence-corrected chi connectivity index (χ2v) is 5.03. The Labute approximate surface area is 109 Å². The summed E-state index contributed by atoms with van der Waals surface area (Å²) >= 11 is 1.58. The van der Waals surface area contributed by atoms with Crippen molar-refractivity contribution >= 4 is 17.2 Å². The van der Waals surface area contributed by atoms with Crippen molar-refractivity contribution in [2.75, 3.05) is 0 Å². The molecule has 0 radical (unpaired) electrons. The summed E-state index contributed by atoms with van der Waals surface area (Å²) in [6.45, 7) is 3.86. The SMILES string of the molecule is CC(C)NC(=O)CCc1nc(-c2ccsc2)no1. The summed E-state index contributed by atoms with van der Waals surface area (Å²) < 4.78 is 5.11. The molecule has 0 atom stereocenters. The molecular formula is C12H15N3O2S. The van der Waals surface area contributed by atoms with E-state index in [0.29, 0.717) is 24.6 Å². The number of carbonyl (C=O) groups is 1. The number of hydrogen-bond acceptors (Lipinski definition) is 5. The maximum atomic E-state index is 11.5. The first-order valence-corrected chi connectivity index (χ1v) is 6.74. The summed E-state index contributed by atoms with van der Waals surface area (Å²) in [5, 5.41) is 10.6. The largest absolute Gasteiger partial charge is 0.354 e. The Morgan fingerprint density at radius 3 is 3.06 bits per heavy atom. The highest BCUT2D eigenvalue weighted by Crippen LogP contribution is 2.18. The summed E-state index contributed by atoms with van der Waals surface area (Å²) in [4.78, 5) is 15.7. The molecule has 2 aromatic rings. The Morgan fingerprint density at radius 2 is 2.39 bits per heavy atom.